The molecular formula is C15H20N2O3. The molecule has 5 nitrogen and oxygen atoms in total. The first kappa shape index (κ1) is 14.5. The summed E-state index contributed by atoms with van der Waals surface area (Å²) >= 11 is 0. The lowest BCUT2D eigenvalue weighted by Gasteiger charge is -2.20. The summed E-state index contributed by atoms with van der Waals surface area (Å²) in [5, 5.41) is 8.86. The molecule has 1 heterocycles. The molecule has 1 unspecified atom stereocenters. The van der Waals surface area contributed by atoms with E-state index in [0.717, 1.165) is 11.3 Å². The second kappa shape index (κ2) is 6.05. The van der Waals surface area contributed by atoms with Crippen LogP contribution < -0.4 is 4.90 Å². The molecular weight excluding hydrogens is 256 g/mol. The normalized spacial score (nSPS) is 18.4. The number of aliphatic hydroxyl groups is 1. The molecule has 0 bridgehead atoms. The second-order valence-electron chi connectivity index (χ2n) is 5.15. The van der Waals surface area contributed by atoms with Crippen molar-refractivity contribution in [3.8, 4) is 0 Å². The van der Waals surface area contributed by atoms with Crippen LogP contribution in [0.1, 0.15) is 12.0 Å². The van der Waals surface area contributed by atoms with Crippen LogP contribution in [0.3, 0.4) is 0 Å². The van der Waals surface area contributed by atoms with E-state index in [1.807, 2.05) is 31.2 Å². The summed E-state index contributed by atoms with van der Waals surface area (Å²) in [4.78, 5) is 27.6. The first-order valence-electron chi connectivity index (χ1n) is 6.78. The first-order chi connectivity index (χ1) is 9.54. The van der Waals surface area contributed by atoms with E-state index < -0.39 is 5.92 Å². The van der Waals surface area contributed by atoms with Gasteiger partial charge in [0.2, 0.25) is 11.8 Å². The lowest BCUT2D eigenvalue weighted by molar-refractivity contribution is -0.139. The Balaban J connectivity index is 2.09. The number of carbonyl (C=O) groups excluding carboxylic acids is 2. The zero-order chi connectivity index (χ0) is 14.7. The van der Waals surface area contributed by atoms with E-state index in [9.17, 15) is 9.59 Å². The van der Waals surface area contributed by atoms with Crippen LogP contribution in [-0.4, -0.2) is 48.6 Å². The monoisotopic (exact) mass is 276 g/mol. The Morgan fingerprint density at radius 2 is 2.05 bits per heavy atom. The van der Waals surface area contributed by atoms with E-state index in [1.165, 1.54) is 4.90 Å². The summed E-state index contributed by atoms with van der Waals surface area (Å²) in [5.41, 5.74) is 1.97. The largest absolute Gasteiger partial charge is 0.395 e. The molecule has 0 aromatic heterocycles. The minimum atomic E-state index is -0.618. The highest BCUT2D eigenvalue weighted by atomic mass is 16.3. The zero-order valence-electron chi connectivity index (χ0n) is 11.9. The van der Waals surface area contributed by atoms with Gasteiger partial charge in [0.15, 0.2) is 0 Å². The third kappa shape index (κ3) is 2.82. The summed E-state index contributed by atoms with van der Waals surface area (Å²) in [5.74, 6) is -0.977. The molecule has 0 aliphatic carbocycles. The van der Waals surface area contributed by atoms with Crippen molar-refractivity contribution < 1.29 is 14.7 Å². The minimum absolute atomic E-state index is 0.0924. The summed E-state index contributed by atoms with van der Waals surface area (Å²) in [7, 11) is 1.61. The van der Waals surface area contributed by atoms with Gasteiger partial charge in [-0.2, -0.15) is 0 Å². The maximum atomic E-state index is 12.4. The Hall–Kier alpha value is -1.88. The number of carbonyl (C=O) groups is 2. The SMILES string of the molecule is Cc1ccc(N2CCC(C(=O)N(C)CCO)C2=O)cc1. The Bertz CT molecular complexity index is 498. The van der Waals surface area contributed by atoms with E-state index in [0.29, 0.717) is 13.0 Å². The molecule has 108 valence electrons. The predicted octanol–water partition coefficient (Wildman–Crippen LogP) is 0.799. The Morgan fingerprint density at radius 3 is 2.65 bits per heavy atom. The van der Waals surface area contributed by atoms with Crippen molar-refractivity contribution in [1.29, 1.82) is 0 Å². The van der Waals surface area contributed by atoms with Crippen molar-refractivity contribution in [2.24, 2.45) is 5.92 Å². The summed E-state index contributed by atoms with van der Waals surface area (Å²) in [6.45, 7) is 2.72. The zero-order valence-corrected chi connectivity index (χ0v) is 11.9. The van der Waals surface area contributed by atoms with Gasteiger partial charge in [0.05, 0.1) is 6.61 Å². The van der Waals surface area contributed by atoms with Gasteiger partial charge in [-0.1, -0.05) is 17.7 Å². The number of rotatable bonds is 4. The van der Waals surface area contributed by atoms with Gasteiger partial charge in [-0.25, -0.2) is 0 Å². The number of nitrogens with zero attached hydrogens (tertiary/aromatic N) is 2. The average molecular weight is 276 g/mol. The Kier molecular flexibility index (Phi) is 4.39. The van der Waals surface area contributed by atoms with Crippen molar-refractivity contribution in [3.63, 3.8) is 0 Å². The quantitative estimate of drug-likeness (QED) is 0.827. The first-order valence-corrected chi connectivity index (χ1v) is 6.78. The van der Waals surface area contributed by atoms with E-state index in [2.05, 4.69) is 0 Å². The number of amides is 2. The molecule has 1 saturated heterocycles. The molecule has 20 heavy (non-hydrogen) atoms. The van der Waals surface area contributed by atoms with Crippen LogP contribution in [0.25, 0.3) is 0 Å². The van der Waals surface area contributed by atoms with Gasteiger partial charge in [-0.3, -0.25) is 9.59 Å². The summed E-state index contributed by atoms with van der Waals surface area (Å²) in [6, 6.07) is 7.71. The lowest BCUT2D eigenvalue weighted by Crippen LogP contribution is -2.39. The van der Waals surface area contributed by atoms with Gasteiger partial charge >= 0.3 is 0 Å². The topological polar surface area (TPSA) is 60.9 Å². The van der Waals surface area contributed by atoms with Crippen LogP contribution in [0.5, 0.6) is 0 Å². The van der Waals surface area contributed by atoms with Crippen LogP contribution in [0.2, 0.25) is 0 Å². The molecule has 1 fully saturated rings. The molecule has 1 aliphatic heterocycles. The van der Waals surface area contributed by atoms with Crippen LogP contribution in [0, 0.1) is 12.8 Å². The Labute approximate surface area is 118 Å². The molecule has 0 radical (unpaired) electrons. The van der Waals surface area contributed by atoms with Crippen LogP contribution in [0.4, 0.5) is 5.69 Å². The predicted molar refractivity (Wildman–Crippen MR) is 76.4 cm³/mol. The number of benzene rings is 1. The molecule has 1 aromatic carbocycles. The van der Waals surface area contributed by atoms with E-state index in [1.54, 1.807) is 11.9 Å². The highest BCUT2D eigenvalue weighted by Crippen LogP contribution is 2.26. The standard InChI is InChI=1S/C15H20N2O3/c1-11-3-5-12(6-4-11)17-8-7-13(15(17)20)14(19)16(2)9-10-18/h3-6,13,18H,7-10H2,1-2H3. The summed E-state index contributed by atoms with van der Waals surface area (Å²) in [6.07, 6.45) is 0.529. The van der Waals surface area contributed by atoms with Gasteiger partial charge in [0.1, 0.15) is 5.92 Å². The molecule has 1 aromatic rings. The van der Waals surface area contributed by atoms with Crippen molar-refractivity contribution in [2.75, 3.05) is 31.6 Å². The van der Waals surface area contributed by atoms with Crippen LogP contribution in [0.15, 0.2) is 24.3 Å². The third-order valence-corrected chi connectivity index (χ3v) is 3.66. The molecule has 1 aliphatic rings. The summed E-state index contributed by atoms with van der Waals surface area (Å²) < 4.78 is 0. The average Bonchev–Trinajstić information content (AvgIpc) is 2.81. The molecule has 0 saturated carbocycles. The van der Waals surface area contributed by atoms with Crippen molar-refractivity contribution >= 4 is 17.5 Å². The van der Waals surface area contributed by atoms with Gasteiger partial charge in [0, 0.05) is 25.8 Å². The molecule has 1 atom stereocenters. The number of hydrogen-bond donors (Lipinski definition) is 1. The van der Waals surface area contributed by atoms with Crippen molar-refractivity contribution in [2.45, 2.75) is 13.3 Å². The highest BCUT2D eigenvalue weighted by Gasteiger charge is 2.38. The maximum Gasteiger partial charge on any atom is 0.239 e. The molecule has 0 spiro atoms. The number of anilines is 1. The van der Waals surface area contributed by atoms with E-state index >= 15 is 0 Å². The number of hydrogen-bond acceptors (Lipinski definition) is 3. The van der Waals surface area contributed by atoms with Crippen molar-refractivity contribution in [1.82, 2.24) is 4.90 Å². The smallest absolute Gasteiger partial charge is 0.239 e. The fourth-order valence-electron chi connectivity index (χ4n) is 2.42. The Morgan fingerprint density at radius 1 is 1.40 bits per heavy atom. The minimum Gasteiger partial charge on any atom is -0.395 e. The van der Waals surface area contributed by atoms with Gasteiger partial charge in [-0.15, -0.1) is 0 Å². The molecule has 2 amide bonds. The van der Waals surface area contributed by atoms with Crippen molar-refractivity contribution in [3.05, 3.63) is 29.8 Å². The lowest BCUT2D eigenvalue weighted by atomic mass is 10.1. The molecule has 1 N–H and O–H groups in total. The number of aliphatic hydroxyl groups excluding tert-OH is 1. The maximum absolute atomic E-state index is 12.4. The highest BCUT2D eigenvalue weighted by molar-refractivity contribution is 6.09. The number of likely N-dealkylation sites (N-methyl/N-ethyl adjacent to an activating group) is 1. The second-order valence-corrected chi connectivity index (χ2v) is 5.15. The van der Waals surface area contributed by atoms with Crippen LogP contribution >= 0.6 is 0 Å². The third-order valence-electron chi connectivity index (χ3n) is 3.66. The number of aryl methyl sites for hydroxylation is 1. The van der Waals surface area contributed by atoms with Gasteiger partial charge < -0.3 is 14.9 Å². The van der Waals surface area contributed by atoms with Gasteiger partial charge in [-0.05, 0) is 25.5 Å². The van der Waals surface area contributed by atoms with Gasteiger partial charge in [0.25, 0.3) is 0 Å². The fourth-order valence-corrected chi connectivity index (χ4v) is 2.42. The fraction of sp³-hybridized carbons (Fsp3) is 0.467. The molecule has 2 rings (SSSR count). The molecule has 5 heteroatoms. The van der Waals surface area contributed by atoms with Crippen LogP contribution in [-0.2, 0) is 9.59 Å². The van der Waals surface area contributed by atoms with E-state index in [4.69, 9.17) is 5.11 Å². The van der Waals surface area contributed by atoms with E-state index in [-0.39, 0.29) is 25.0 Å².